The molecule has 0 amide bonds. The molecule has 0 heterocycles. The fourth-order valence-electron chi connectivity index (χ4n) is 2.56. The Hall–Kier alpha value is 0.321. The van der Waals surface area contributed by atoms with Crippen LogP contribution >= 0.6 is 0 Å². The van der Waals surface area contributed by atoms with Gasteiger partial charge in [0.15, 0.2) is 0 Å². The SMILES string of the molecule is CC(C)(C)C(=O)[Si](C)([Si](C)(C)C)[Si](C)(C)C. The number of rotatable bonds is 3. The van der Waals surface area contributed by atoms with Crippen LogP contribution in [0.3, 0.4) is 0 Å². The van der Waals surface area contributed by atoms with Gasteiger partial charge in [0, 0.05) is 20.6 Å². The highest BCUT2D eigenvalue weighted by Crippen LogP contribution is 2.35. The summed E-state index contributed by atoms with van der Waals surface area (Å²) in [6, 6.07) is 0. The maximum Gasteiger partial charge on any atom is 0.116 e. The molecule has 96 valence electrons. The summed E-state index contributed by atoms with van der Waals surface area (Å²) in [6.07, 6.45) is 0. The molecule has 0 aliphatic carbocycles. The highest BCUT2D eigenvalue weighted by atomic mass is 29.6. The minimum Gasteiger partial charge on any atom is -0.305 e. The lowest BCUT2D eigenvalue weighted by Gasteiger charge is -2.48. The highest BCUT2D eigenvalue weighted by molar-refractivity contribution is 7.77. The molecule has 0 aromatic rings. The predicted octanol–water partition coefficient (Wildman–Crippen LogP) is 4.05. The third kappa shape index (κ3) is 2.76. The lowest BCUT2D eigenvalue weighted by molar-refractivity contribution is -0.118. The Bertz CT molecular complexity index is 262. The van der Waals surface area contributed by atoms with E-state index in [1.807, 2.05) is 0 Å². The van der Waals surface area contributed by atoms with Crippen molar-refractivity contribution in [2.75, 3.05) is 0 Å². The molecule has 0 saturated carbocycles. The van der Waals surface area contributed by atoms with Gasteiger partial charge in [-0.25, -0.2) is 0 Å². The van der Waals surface area contributed by atoms with E-state index in [4.69, 9.17) is 0 Å². The second-order valence-corrected chi connectivity index (χ2v) is 36.4. The Labute approximate surface area is 105 Å². The zero-order valence-corrected chi connectivity index (χ0v) is 15.9. The molecule has 4 heteroatoms. The van der Waals surface area contributed by atoms with Crippen molar-refractivity contribution in [3.8, 4) is 0 Å². The number of hydrogen-bond acceptors (Lipinski definition) is 1. The van der Waals surface area contributed by atoms with E-state index in [9.17, 15) is 4.79 Å². The molecule has 0 aromatic carbocycles. The molecule has 0 radical (unpaired) electrons. The molecule has 0 bridgehead atoms. The summed E-state index contributed by atoms with van der Waals surface area (Å²) in [7, 11) is -4.49. The number of hydrogen-bond donors (Lipinski definition) is 0. The standard InChI is InChI=1S/C12H30OSi3/c1-12(2,3)11(13)16(10,14(4,5)6)15(7,8)9/h1-10H3. The van der Waals surface area contributed by atoms with Crippen LogP contribution in [0.1, 0.15) is 20.8 Å². The van der Waals surface area contributed by atoms with Crippen LogP contribution in [0, 0.1) is 5.41 Å². The molecular formula is C12H30OSi3. The molecule has 0 aliphatic rings. The van der Waals surface area contributed by atoms with Gasteiger partial charge in [-0.1, -0.05) is 66.6 Å². The van der Waals surface area contributed by atoms with Crippen molar-refractivity contribution in [2.45, 2.75) is 66.6 Å². The van der Waals surface area contributed by atoms with Gasteiger partial charge in [0.25, 0.3) is 0 Å². The zero-order chi connectivity index (χ0) is 13.6. The smallest absolute Gasteiger partial charge is 0.116 e. The quantitative estimate of drug-likeness (QED) is 0.710. The fraction of sp³-hybridized carbons (Fsp3) is 0.917. The summed E-state index contributed by atoms with van der Waals surface area (Å²) >= 11 is 0. The van der Waals surface area contributed by atoms with Gasteiger partial charge in [-0.2, -0.15) is 0 Å². The lowest BCUT2D eigenvalue weighted by Crippen LogP contribution is -2.76. The van der Waals surface area contributed by atoms with Crippen LogP contribution < -0.4 is 0 Å². The molecule has 0 spiro atoms. The van der Waals surface area contributed by atoms with Gasteiger partial charge in [0.2, 0.25) is 0 Å². The van der Waals surface area contributed by atoms with Crippen molar-refractivity contribution in [3.63, 3.8) is 0 Å². The summed E-state index contributed by atoms with van der Waals surface area (Å²) in [6.45, 7) is 23.1. The molecule has 0 unspecified atom stereocenters. The molecule has 0 fully saturated rings. The van der Waals surface area contributed by atoms with Crippen LogP contribution in [0.2, 0.25) is 45.8 Å². The first-order valence-electron chi connectivity index (χ1n) is 6.20. The van der Waals surface area contributed by atoms with Gasteiger partial charge in [0.05, 0.1) is 0 Å². The van der Waals surface area contributed by atoms with Gasteiger partial charge >= 0.3 is 0 Å². The predicted molar refractivity (Wildman–Crippen MR) is 82.8 cm³/mol. The van der Waals surface area contributed by atoms with Gasteiger partial charge < -0.3 is 4.79 Å². The summed E-state index contributed by atoms with van der Waals surface area (Å²) in [5.74, 6) is 0. The van der Waals surface area contributed by atoms with Crippen LogP contribution in [-0.2, 0) is 4.79 Å². The largest absolute Gasteiger partial charge is 0.305 e. The van der Waals surface area contributed by atoms with Crippen molar-refractivity contribution < 1.29 is 4.79 Å². The topological polar surface area (TPSA) is 17.1 Å². The molecule has 0 N–H and O–H groups in total. The van der Waals surface area contributed by atoms with E-state index in [0.717, 1.165) is 0 Å². The Morgan fingerprint density at radius 1 is 0.750 bits per heavy atom. The molecule has 0 saturated heterocycles. The van der Waals surface area contributed by atoms with E-state index >= 15 is 0 Å². The molecular weight excluding hydrogens is 244 g/mol. The Balaban J connectivity index is 5.74. The average Bonchev–Trinajstić information content (AvgIpc) is 1.95. The van der Waals surface area contributed by atoms with Gasteiger partial charge in [-0.05, 0) is 0 Å². The second-order valence-electron chi connectivity index (χ2n) is 8.20. The summed E-state index contributed by atoms with van der Waals surface area (Å²) in [4.78, 5) is 12.9. The van der Waals surface area contributed by atoms with Crippen LogP contribution in [0.4, 0.5) is 0 Å². The molecule has 16 heavy (non-hydrogen) atoms. The third-order valence-corrected chi connectivity index (χ3v) is 44.7. The second kappa shape index (κ2) is 4.21. The average molecular weight is 275 g/mol. The minimum absolute atomic E-state index is 0.151. The first-order valence-corrected chi connectivity index (χ1v) is 17.7. The summed E-state index contributed by atoms with van der Waals surface area (Å²) in [5.41, 5.74) is -0.151. The lowest BCUT2D eigenvalue weighted by atomic mass is 9.99. The van der Waals surface area contributed by atoms with E-state index in [-0.39, 0.29) is 5.41 Å². The van der Waals surface area contributed by atoms with E-state index in [1.165, 1.54) is 0 Å². The van der Waals surface area contributed by atoms with Gasteiger partial charge in [0.1, 0.15) is 12.5 Å². The Morgan fingerprint density at radius 3 is 1.06 bits per heavy atom. The van der Waals surface area contributed by atoms with Crippen molar-refractivity contribution in [3.05, 3.63) is 0 Å². The van der Waals surface area contributed by atoms with Crippen molar-refractivity contribution >= 4 is 27.7 Å². The maximum atomic E-state index is 12.9. The van der Waals surface area contributed by atoms with Crippen LogP contribution in [0.15, 0.2) is 0 Å². The van der Waals surface area contributed by atoms with Gasteiger partial charge in [-0.3, -0.25) is 0 Å². The molecule has 0 aliphatic heterocycles. The minimum atomic E-state index is -1.75. The first-order chi connectivity index (χ1) is 6.65. The first kappa shape index (κ1) is 16.3. The van der Waals surface area contributed by atoms with E-state index in [2.05, 4.69) is 66.6 Å². The van der Waals surface area contributed by atoms with Crippen LogP contribution in [-0.4, -0.2) is 27.7 Å². The van der Waals surface area contributed by atoms with Crippen LogP contribution in [0.25, 0.3) is 0 Å². The normalized spacial score (nSPS) is 15.1. The molecule has 0 atom stereocenters. The third-order valence-electron chi connectivity index (χ3n) is 4.14. The van der Waals surface area contributed by atoms with E-state index < -0.39 is 22.3 Å². The summed E-state index contributed by atoms with van der Waals surface area (Å²) < 4.78 is 0. The Morgan fingerprint density at radius 2 is 1.00 bits per heavy atom. The van der Waals surface area contributed by atoms with Crippen molar-refractivity contribution in [1.82, 2.24) is 0 Å². The zero-order valence-electron chi connectivity index (χ0n) is 12.9. The molecule has 0 rings (SSSR count). The molecule has 1 nitrogen and oxygen atoms in total. The molecule has 0 aromatic heterocycles. The highest BCUT2D eigenvalue weighted by Gasteiger charge is 2.58. The number of carbonyl (C=O) groups excluding carboxylic acids is 1. The number of carbonyl (C=O) groups is 1. The van der Waals surface area contributed by atoms with Gasteiger partial charge in [-0.15, -0.1) is 0 Å². The van der Waals surface area contributed by atoms with Crippen LogP contribution in [0.5, 0.6) is 0 Å². The van der Waals surface area contributed by atoms with Crippen molar-refractivity contribution in [2.24, 2.45) is 5.41 Å². The summed E-state index contributed by atoms with van der Waals surface area (Å²) in [5, 5.41) is 0.623. The van der Waals surface area contributed by atoms with E-state index in [0.29, 0.717) is 5.41 Å². The van der Waals surface area contributed by atoms with Crippen molar-refractivity contribution in [1.29, 1.82) is 0 Å². The fourth-order valence-corrected chi connectivity index (χ4v) is 41.0. The monoisotopic (exact) mass is 274 g/mol. The van der Waals surface area contributed by atoms with E-state index in [1.54, 1.807) is 0 Å². The maximum absolute atomic E-state index is 12.9. The Kier molecular flexibility index (Phi) is 4.29.